The molecular formula is C15H28N2O2S. The Morgan fingerprint density at radius 1 is 1.25 bits per heavy atom. The minimum Gasteiger partial charge on any atom is -0.444 e. The number of hydrogen-bond donors (Lipinski definition) is 2. The van der Waals surface area contributed by atoms with Gasteiger partial charge in [0.1, 0.15) is 5.60 Å². The van der Waals surface area contributed by atoms with E-state index in [4.69, 9.17) is 4.74 Å². The molecule has 0 spiro atoms. The first-order chi connectivity index (χ1) is 9.44. The third-order valence-corrected chi connectivity index (χ3v) is 4.79. The molecule has 0 aromatic heterocycles. The predicted molar refractivity (Wildman–Crippen MR) is 84.2 cm³/mol. The normalized spacial score (nSPS) is 22.4. The quantitative estimate of drug-likeness (QED) is 0.820. The second-order valence-electron chi connectivity index (χ2n) is 6.89. The Kier molecular flexibility index (Phi) is 5.61. The molecule has 1 aliphatic heterocycles. The minimum absolute atomic E-state index is 0.222. The first-order valence-electron chi connectivity index (χ1n) is 7.75. The molecule has 1 heterocycles. The van der Waals surface area contributed by atoms with E-state index in [0.717, 1.165) is 6.54 Å². The number of nitrogens with one attached hydrogen (secondary N) is 2. The van der Waals surface area contributed by atoms with Gasteiger partial charge in [0.2, 0.25) is 0 Å². The third-order valence-electron chi connectivity index (χ3n) is 3.74. The molecule has 1 saturated heterocycles. The average Bonchev–Trinajstić information content (AvgIpc) is 3.17. The topological polar surface area (TPSA) is 50.4 Å². The molecule has 1 unspecified atom stereocenters. The largest absolute Gasteiger partial charge is 0.444 e. The standard InChI is InChI=1S/C15H28N2O2S/c1-15(2,3)19-14(18)17-13(11-4-5-11)10-16-12-6-8-20-9-7-12/h11-13,16H,4-10H2,1-3H3,(H,17,18). The zero-order valence-corrected chi connectivity index (χ0v) is 13.7. The molecule has 2 N–H and O–H groups in total. The van der Waals surface area contributed by atoms with Crippen LogP contribution in [0.1, 0.15) is 46.5 Å². The number of ether oxygens (including phenoxy) is 1. The van der Waals surface area contributed by atoms with Gasteiger partial charge in [0.15, 0.2) is 0 Å². The monoisotopic (exact) mass is 300 g/mol. The first kappa shape index (κ1) is 16.0. The number of thioether (sulfide) groups is 1. The van der Waals surface area contributed by atoms with E-state index in [2.05, 4.69) is 10.6 Å². The lowest BCUT2D eigenvalue weighted by Crippen LogP contribution is -2.48. The molecule has 20 heavy (non-hydrogen) atoms. The Hall–Kier alpha value is -0.420. The summed E-state index contributed by atoms with van der Waals surface area (Å²) in [6.45, 7) is 6.57. The fourth-order valence-electron chi connectivity index (χ4n) is 2.49. The second-order valence-corrected chi connectivity index (χ2v) is 8.11. The van der Waals surface area contributed by atoms with Gasteiger partial charge in [-0.2, -0.15) is 11.8 Å². The van der Waals surface area contributed by atoms with Gasteiger partial charge < -0.3 is 15.4 Å². The van der Waals surface area contributed by atoms with Crippen molar-refractivity contribution in [3.63, 3.8) is 0 Å². The lowest BCUT2D eigenvalue weighted by atomic mass is 10.1. The maximum Gasteiger partial charge on any atom is 0.407 e. The molecule has 1 atom stereocenters. The van der Waals surface area contributed by atoms with Crippen LogP contribution in [0.4, 0.5) is 4.79 Å². The second kappa shape index (κ2) is 7.03. The van der Waals surface area contributed by atoms with Gasteiger partial charge in [-0.1, -0.05) is 0 Å². The predicted octanol–water partition coefficient (Wildman–Crippen LogP) is 2.77. The fraction of sp³-hybridized carbons (Fsp3) is 0.933. The van der Waals surface area contributed by atoms with Crippen molar-refractivity contribution in [2.75, 3.05) is 18.1 Å². The Balaban J connectivity index is 1.74. The number of alkyl carbamates (subject to hydrolysis) is 1. The highest BCUT2D eigenvalue weighted by atomic mass is 32.2. The lowest BCUT2D eigenvalue weighted by molar-refractivity contribution is 0.0496. The maximum atomic E-state index is 11.9. The number of rotatable bonds is 5. The Labute approximate surface area is 126 Å². The van der Waals surface area contributed by atoms with Gasteiger partial charge in [-0.25, -0.2) is 4.79 Å². The van der Waals surface area contributed by atoms with Crippen LogP contribution >= 0.6 is 11.8 Å². The van der Waals surface area contributed by atoms with Crippen LogP contribution in [0.25, 0.3) is 0 Å². The average molecular weight is 300 g/mol. The maximum absolute atomic E-state index is 11.9. The first-order valence-corrected chi connectivity index (χ1v) is 8.90. The van der Waals surface area contributed by atoms with Gasteiger partial charge in [-0.3, -0.25) is 0 Å². The van der Waals surface area contributed by atoms with E-state index in [9.17, 15) is 4.79 Å². The van der Waals surface area contributed by atoms with Crippen LogP contribution in [0, 0.1) is 5.92 Å². The van der Waals surface area contributed by atoms with Crippen molar-refractivity contribution in [2.45, 2.75) is 64.1 Å². The summed E-state index contributed by atoms with van der Waals surface area (Å²) in [6, 6.07) is 0.845. The molecule has 0 aromatic carbocycles. The highest BCUT2D eigenvalue weighted by molar-refractivity contribution is 7.99. The van der Waals surface area contributed by atoms with Gasteiger partial charge in [-0.15, -0.1) is 0 Å². The van der Waals surface area contributed by atoms with Crippen LogP contribution in [-0.4, -0.2) is 41.8 Å². The van der Waals surface area contributed by atoms with Crippen LogP contribution in [0.3, 0.4) is 0 Å². The molecular weight excluding hydrogens is 272 g/mol. The highest BCUT2D eigenvalue weighted by Gasteiger charge is 2.33. The van der Waals surface area contributed by atoms with Crippen LogP contribution in [0.2, 0.25) is 0 Å². The summed E-state index contributed by atoms with van der Waals surface area (Å²) in [7, 11) is 0. The molecule has 0 aromatic rings. The SMILES string of the molecule is CC(C)(C)OC(=O)NC(CNC1CCSCC1)C1CC1. The molecule has 2 fully saturated rings. The molecule has 1 amide bonds. The summed E-state index contributed by atoms with van der Waals surface area (Å²) in [6.07, 6.45) is 4.66. The van der Waals surface area contributed by atoms with Crippen molar-refractivity contribution in [3.05, 3.63) is 0 Å². The molecule has 2 rings (SSSR count). The van der Waals surface area contributed by atoms with Crippen molar-refractivity contribution in [3.8, 4) is 0 Å². The van der Waals surface area contributed by atoms with Crippen molar-refractivity contribution < 1.29 is 9.53 Å². The number of amides is 1. The van der Waals surface area contributed by atoms with Crippen LogP contribution < -0.4 is 10.6 Å². The Morgan fingerprint density at radius 2 is 1.90 bits per heavy atom. The van der Waals surface area contributed by atoms with Gasteiger partial charge >= 0.3 is 6.09 Å². The van der Waals surface area contributed by atoms with E-state index in [0.29, 0.717) is 12.0 Å². The third kappa shape index (κ3) is 5.92. The van der Waals surface area contributed by atoms with Gasteiger partial charge in [-0.05, 0) is 63.9 Å². The van der Waals surface area contributed by atoms with E-state index >= 15 is 0 Å². The fourth-order valence-corrected chi connectivity index (χ4v) is 3.59. The molecule has 2 aliphatic rings. The smallest absolute Gasteiger partial charge is 0.407 e. The summed E-state index contributed by atoms with van der Waals surface area (Å²) in [5, 5.41) is 6.67. The molecule has 1 saturated carbocycles. The van der Waals surface area contributed by atoms with E-state index in [1.54, 1.807) is 0 Å². The summed E-state index contributed by atoms with van der Waals surface area (Å²) in [5.74, 6) is 3.14. The van der Waals surface area contributed by atoms with E-state index in [-0.39, 0.29) is 12.1 Å². The van der Waals surface area contributed by atoms with E-state index in [1.807, 2.05) is 32.5 Å². The number of carbonyl (C=O) groups is 1. The summed E-state index contributed by atoms with van der Waals surface area (Å²) < 4.78 is 5.36. The summed E-state index contributed by atoms with van der Waals surface area (Å²) in [4.78, 5) is 11.9. The van der Waals surface area contributed by atoms with Gasteiger partial charge in [0.25, 0.3) is 0 Å². The summed E-state index contributed by atoms with van der Waals surface area (Å²) in [5.41, 5.74) is -0.424. The molecule has 4 nitrogen and oxygen atoms in total. The lowest BCUT2D eigenvalue weighted by Gasteiger charge is -2.27. The van der Waals surface area contributed by atoms with Crippen molar-refractivity contribution in [2.24, 2.45) is 5.92 Å². The highest BCUT2D eigenvalue weighted by Crippen LogP contribution is 2.32. The zero-order chi connectivity index (χ0) is 14.6. The minimum atomic E-state index is -0.424. The molecule has 116 valence electrons. The van der Waals surface area contributed by atoms with Gasteiger partial charge in [0, 0.05) is 18.6 Å². The van der Waals surface area contributed by atoms with Crippen molar-refractivity contribution in [1.82, 2.24) is 10.6 Å². The van der Waals surface area contributed by atoms with E-state index < -0.39 is 5.60 Å². The van der Waals surface area contributed by atoms with Crippen LogP contribution in [0.5, 0.6) is 0 Å². The van der Waals surface area contributed by atoms with Crippen molar-refractivity contribution in [1.29, 1.82) is 0 Å². The molecule has 1 aliphatic carbocycles. The number of carbonyl (C=O) groups excluding carboxylic acids is 1. The summed E-state index contributed by atoms with van der Waals surface area (Å²) >= 11 is 2.04. The van der Waals surface area contributed by atoms with E-state index in [1.165, 1.54) is 37.2 Å². The molecule has 5 heteroatoms. The Morgan fingerprint density at radius 3 is 2.45 bits per heavy atom. The van der Waals surface area contributed by atoms with Crippen molar-refractivity contribution >= 4 is 17.9 Å². The molecule has 0 radical (unpaired) electrons. The molecule has 0 bridgehead atoms. The van der Waals surface area contributed by atoms with Gasteiger partial charge in [0.05, 0.1) is 0 Å². The Bertz CT molecular complexity index is 320. The van der Waals surface area contributed by atoms with Crippen LogP contribution in [-0.2, 0) is 4.74 Å². The zero-order valence-electron chi connectivity index (χ0n) is 12.9. The number of hydrogen-bond acceptors (Lipinski definition) is 4. The van der Waals surface area contributed by atoms with Crippen LogP contribution in [0.15, 0.2) is 0 Å².